The summed E-state index contributed by atoms with van der Waals surface area (Å²) in [5.41, 5.74) is 6.22. The maximum absolute atomic E-state index is 11.9. The van der Waals surface area contributed by atoms with Gasteiger partial charge in [0.2, 0.25) is 5.91 Å². The molecule has 0 aliphatic heterocycles. The number of nitrogens with zero attached hydrogens (tertiary/aromatic N) is 1. The summed E-state index contributed by atoms with van der Waals surface area (Å²) >= 11 is 0. The first-order valence-corrected chi connectivity index (χ1v) is 6.38. The molecule has 0 radical (unpaired) electrons. The molecule has 1 aromatic rings. The Morgan fingerprint density at radius 2 is 1.90 bits per heavy atom. The lowest BCUT2D eigenvalue weighted by Crippen LogP contribution is -2.42. The van der Waals surface area contributed by atoms with Crippen molar-refractivity contribution in [1.29, 1.82) is 0 Å². The number of benzene rings is 1. The minimum Gasteiger partial charge on any atom is -0.480 e. The van der Waals surface area contributed by atoms with Crippen molar-refractivity contribution in [2.45, 2.75) is 26.0 Å². The van der Waals surface area contributed by atoms with E-state index < -0.39 is 30.6 Å². The summed E-state index contributed by atoms with van der Waals surface area (Å²) < 4.78 is 4.96. The summed E-state index contributed by atoms with van der Waals surface area (Å²) in [5, 5.41) is 8.77. The number of carboxylic acids is 1. The molecule has 0 heterocycles. The van der Waals surface area contributed by atoms with Gasteiger partial charge in [-0.1, -0.05) is 30.3 Å². The van der Waals surface area contributed by atoms with Gasteiger partial charge in [0, 0.05) is 12.5 Å². The van der Waals surface area contributed by atoms with Crippen molar-refractivity contribution in [3.8, 4) is 0 Å². The van der Waals surface area contributed by atoms with E-state index in [-0.39, 0.29) is 13.0 Å². The number of ether oxygens (including phenoxy) is 1. The van der Waals surface area contributed by atoms with E-state index in [1.54, 1.807) is 31.2 Å². The third-order valence-corrected chi connectivity index (χ3v) is 2.52. The van der Waals surface area contributed by atoms with Crippen LogP contribution in [-0.2, 0) is 20.9 Å². The van der Waals surface area contributed by atoms with Gasteiger partial charge in [-0.25, -0.2) is 9.69 Å². The summed E-state index contributed by atoms with van der Waals surface area (Å²) in [6.07, 6.45) is -1.12. The molecular weight excluding hydrogens is 276 g/mol. The number of carbonyl (C=O) groups is 3. The first kappa shape index (κ1) is 16.6. The predicted octanol–water partition coefficient (Wildman–Crippen LogP) is 0.974. The van der Waals surface area contributed by atoms with E-state index in [1.165, 1.54) is 0 Å². The molecule has 7 nitrogen and oxygen atoms in total. The van der Waals surface area contributed by atoms with Gasteiger partial charge in [-0.3, -0.25) is 9.59 Å². The van der Waals surface area contributed by atoms with Gasteiger partial charge >= 0.3 is 12.1 Å². The summed E-state index contributed by atoms with van der Waals surface area (Å²) in [7, 11) is 0. The van der Waals surface area contributed by atoms with Crippen molar-refractivity contribution in [2.75, 3.05) is 6.54 Å². The molecule has 21 heavy (non-hydrogen) atoms. The Balaban J connectivity index is 2.66. The molecule has 1 unspecified atom stereocenters. The summed E-state index contributed by atoms with van der Waals surface area (Å²) in [6.45, 7) is 0.798. The molecule has 1 atom stereocenters. The molecule has 3 N–H and O–H groups in total. The lowest BCUT2D eigenvalue weighted by Gasteiger charge is -2.19. The molecule has 0 saturated carbocycles. The van der Waals surface area contributed by atoms with Gasteiger partial charge in [-0.15, -0.1) is 0 Å². The molecule has 7 heteroatoms. The molecule has 2 amide bonds. The van der Waals surface area contributed by atoms with E-state index in [2.05, 4.69) is 0 Å². The molecule has 0 bridgehead atoms. The van der Waals surface area contributed by atoms with Gasteiger partial charge in [0.15, 0.2) is 0 Å². The molecule has 0 spiro atoms. The van der Waals surface area contributed by atoms with E-state index in [9.17, 15) is 14.4 Å². The Kier molecular flexibility index (Phi) is 6.35. The quantitative estimate of drug-likeness (QED) is 0.809. The fraction of sp³-hybridized carbons (Fsp3) is 0.357. The number of amides is 2. The van der Waals surface area contributed by atoms with Crippen molar-refractivity contribution in [1.82, 2.24) is 4.90 Å². The second-order valence-electron chi connectivity index (χ2n) is 4.60. The lowest BCUT2D eigenvalue weighted by molar-refractivity contribution is -0.143. The number of carboxylic acid groups (broad SMARTS) is 1. The Labute approximate surface area is 122 Å². The van der Waals surface area contributed by atoms with Crippen molar-refractivity contribution < 1.29 is 24.2 Å². The van der Waals surface area contributed by atoms with Crippen LogP contribution in [0.5, 0.6) is 0 Å². The van der Waals surface area contributed by atoms with Gasteiger partial charge in [0.25, 0.3) is 0 Å². The number of carbonyl (C=O) groups excluding carboxylic acids is 2. The molecular formula is C14H18N2O5. The van der Waals surface area contributed by atoms with Gasteiger partial charge in [0.1, 0.15) is 13.2 Å². The number of hydrogen-bond donors (Lipinski definition) is 2. The SMILES string of the molecule is CC(N)CC(=O)N(CC(=O)O)C(=O)OCc1ccccc1. The van der Waals surface area contributed by atoms with Gasteiger partial charge in [0.05, 0.1) is 0 Å². The number of nitrogens with two attached hydrogens (primary N) is 1. The largest absolute Gasteiger partial charge is 0.480 e. The third-order valence-electron chi connectivity index (χ3n) is 2.52. The second kappa shape index (κ2) is 8.01. The Bertz CT molecular complexity index is 501. The summed E-state index contributed by atoms with van der Waals surface area (Å²) in [5.74, 6) is -1.98. The monoisotopic (exact) mass is 294 g/mol. The lowest BCUT2D eigenvalue weighted by atomic mass is 10.2. The van der Waals surface area contributed by atoms with E-state index in [0.29, 0.717) is 4.90 Å². The van der Waals surface area contributed by atoms with Crippen LogP contribution in [0.15, 0.2) is 30.3 Å². The van der Waals surface area contributed by atoms with Crippen LogP contribution >= 0.6 is 0 Å². The zero-order valence-electron chi connectivity index (χ0n) is 11.7. The zero-order valence-corrected chi connectivity index (χ0v) is 11.7. The van der Waals surface area contributed by atoms with Crippen LogP contribution in [0.25, 0.3) is 0 Å². The van der Waals surface area contributed by atoms with Crippen LogP contribution in [0.4, 0.5) is 4.79 Å². The van der Waals surface area contributed by atoms with E-state index in [0.717, 1.165) is 5.56 Å². The topological polar surface area (TPSA) is 110 Å². The van der Waals surface area contributed by atoms with Crippen molar-refractivity contribution in [3.05, 3.63) is 35.9 Å². The van der Waals surface area contributed by atoms with E-state index in [4.69, 9.17) is 15.6 Å². The van der Waals surface area contributed by atoms with Crippen molar-refractivity contribution >= 4 is 18.0 Å². The fourth-order valence-electron chi connectivity index (χ4n) is 1.57. The minimum absolute atomic E-state index is 0.0404. The highest BCUT2D eigenvalue weighted by atomic mass is 16.6. The van der Waals surface area contributed by atoms with Gasteiger partial charge < -0.3 is 15.6 Å². The average molecular weight is 294 g/mol. The number of aliphatic carboxylic acids is 1. The molecule has 0 fully saturated rings. The van der Waals surface area contributed by atoms with E-state index in [1.807, 2.05) is 6.07 Å². The summed E-state index contributed by atoms with van der Waals surface area (Å²) in [6, 6.07) is 8.39. The van der Waals surface area contributed by atoms with Crippen LogP contribution in [0.2, 0.25) is 0 Å². The van der Waals surface area contributed by atoms with Crippen molar-refractivity contribution in [3.63, 3.8) is 0 Å². The standard InChI is InChI=1S/C14H18N2O5/c1-10(15)7-12(17)16(8-13(18)19)14(20)21-9-11-5-3-2-4-6-11/h2-6,10H,7-9,15H2,1H3,(H,18,19). The average Bonchev–Trinajstić information content (AvgIpc) is 2.42. The van der Waals surface area contributed by atoms with Crippen LogP contribution in [-0.4, -0.2) is 40.6 Å². The molecule has 114 valence electrons. The third kappa shape index (κ3) is 6.05. The normalized spacial score (nSPS) is 11.5. The van der Waals surface area contributed by atoms with Crippen LogP contribution in [0, 0.1) is 0 Å². The molecule has 1 rings (SSSR count). The highest BCUT2D eigenvalue weighted by Crippen LogP contribution is 2.05. The second-order valence-corrected chi connectivity index (χ2v) is 4.60. The Morgan fingerprint density at radius 1 is 1.29 bits per heavy atom. The van der Waals surface area contributed by atoms with Crippen LogP contribution in [0.1, 0.15) is 18.9 Å². The number of rotatable bonds is 6. The molecule has 0 saturated heterocycles. The van der Waals surface area contributed by atoms with E-state index >= 15 is 0 Å². The maximum Gasteiger partial charge on any atom is 0.417 e. The number of imide groups is 1. The van der Waals surface area contributed by atoms with Gasteiger partial charge in [-0.2, -0.15) is 0 Å². The predicted molar refractivity (Wildman–Crippen MR) is 74.2 cm³/mol. The van der Waals surface area contributed by atoms with Crippen molar-refractivity contribution in [2.24, 2.45) is 5.73 Å². The first-order valence-electron chi connectivity index (χ1n) is 6.38. The molecule has 0 aliphatic rings. The number of hydrogen-bond acceptors (Lipinski definition) is 5. The Morgan fingerprint density at radius 3 is 2.43 bits per heavy atom. The smallest absolute Gasteiger partial charge is 0.417 e. The fourth-order valence-corrected chi connectivity index (χ4v) is 1.57. The van der Waals surface area contributed by atoms with Gasteiger partial charge in [-0.05, 0) is 12.5 Å². The minimum atomic E-state index is -1.30. The maximum atomic E-state index is 11.9. The summed E-state index contributed by atoms with van der Waals surface area (Å²) in [4.78, 5) is 35.0. The first-order chi connectivity index (χ1) is 9.90. The molecule has 1 aromatic carbocycles. The Hall–Kier alpha value is -2.41. The highest BCUT2D eigenvalue weighted by Gasteiger charge is 2.26. The van der Waals surface area contributed by atoms with Crippen LogP contribution in [0.3, 0.4) is 0 Å². The molecule has 0 aromatic heterocycles. The zero-order chi connectivity index (χ0) is 15.8. The van der Waals surface area contributed by atoms with Crippen LogP contribution < -0.4 is 5.73 Å². The molecule has 0 aliphatic carbocycles. The highest BCUT2D eigenvalue weighted by molar-refractivity contribution is 5.95.